The van der Waals surface area contributed by atoms with E-state index >= 15 is 0 Å². The quantitative estimate of drug-likeness (QED) is 0.243. The minimum absolute atomic E-state index is 0.241. The largest absolute Gasteiger partial charge is 0.493 e. The van der Waals surface area contributed by atoms with Crippen LogP contribution in [0.1, 0.15) is 41.9 Å². The molecular formula is C30H30F2N6O3. The van der Waals surface area contributed by atoms with Crippen LogP contribution in [0.2, 0.25) is 0 Å². The van der Waals surface area contributed by atoms with Gasteiger partial charge in [0.2, 0.25) is 0 Å². The van der Waals surface area contributed by atoms with E-state index in [9.17, 15) is 13.6 Å². The fourth-order valence-electron chi connectivity index (χ4n) is 4.94. The molecule has 0 radical (unpaired) electrons. The number of ether oxygens (including phenoxy) is 2. The lowest BCUT2D eigenvalue weighted by atomic mass is 10.1. The van der Waals surface area contributed by atoms with Crippen LogP contribution in [-0.2, 0) is 19.6 Å². The molecule has 11 heteroatoms. The summed E-state index contributed by atoms with van der Waals surface area (Å²) in [5.41, 5.74) is 2.62. The van der Waals surface area contributed by atoms with Gasteiger partial charge >= 0.3 is 0 Å². The number of H-pyrrole nitrogens is 1. The number of nitrogens with one attached hydrogen (secondary N) is 1. The maximum atomic E-state index is 13.7. The third-order valence-corrected chi connectivity index (χ3v) is 7.03. The highest BCUT2D eigenvalue weighted by atomic mass is 19.1. The molecule has 2 heterocycles. The summed E-state index contributed by atoms with van der Waals surface area (Å²) in [4.78, 5) is 18.3. The number of hydrogen-bond acceptors (Lipinski definition) is 7. The Bertz CT molecular complexity index is 1690. The first-order chi connectivity index (χ1) is 19.9. The molecule has 0 amide bonds. The summed E-state index contributed by atoms with van der Waals surface area (Å²) in [6, 6.07) is 17.5. The van der Waals surface area contributed by atoms with Crippen molar-refractivity contribution in [2.75, 3.05) is 14.2 Å². The number of aromatic nitrogens is 5. The van der Waals surface area contributed by atoms with Gasteiger partial charge in [-0.3, -0.25) is 9.69 Å². The van der Waals surface area contributed by atoms with Crippen molar-refractivity contribution in [3.05, 3.63) is 111 Å². The van der Waals surface area contributed by atoms with Crippen molar-refractivity contribution < 1.29 is 18.3 Å². The molecule has 0 aliphatic rings. The van der Waals surface area contributed by atoms with Gasteiger partial charge in [-0.15, -0.1) is 5.10 Å². The SMILES string of the molecule is CC[C@@H](c1nnnn1Cc1ccc(F)cc1)N(Cc1ccc(F)cc1)Cc1cc2cc(OC)c(OC)cc2[nH]c1=O. The molecule has 0 aliphatic heterocycles. The van der Waals surface area contributed by atoms with Crippen LogP contribution >= 0.6 is 0 Å². The minimum Gasteiger partial charge on any atom is -0.493 e. The molecule has 0 fully saturated rings. The molecular weight excluding hydrogens is 530 g/mol. The zero-order chi connectivity index (χ0) is 28.9. The first-order valence-corrected chi connectivity index (χ1v) is 13.2. The molecule has 5 aromatic rings. The highest BCUT2D eigenvalue weighted by Gasteiger charge is 2.26. The smallest absolute Gasteiger partial charge is 0.252 e. The number of hydrogen-bond donors (Lipinski definition) is 1. The van der Waals surface area contributed by atoms with E-state index in [-0.39, 0.29) is 29.8 Å². The molecule has 212 valence electrons. The Morgan fingerprint density at radius 1 is 0.902 bits per heavy atom. The third-order valence-electron chi connectivity index (χ3n) is 7.03. The molecule has 0 saturated heterocycles. The third kappa shape index (κ3) is 6.25. The first kappa shape index (κ1) is 27.9. The predicted octanol–water partition coefficient (Wildman–Crippen LogP) is 5.01. The van der Waals surface area contributed by atoms with E-state index in [4.69, 9.17) is 9.47 Å². The number of halogens is 2. The van der Waals surface area contributed by atoms with E-state index in [0.717, 1.165) is 16.5 Å². The van der Waals surface area contributed by atoms with Gasteiger partial charge < -0.3 is 14.5 Å². The standard InChI is InChI=1S/C30H30F2N6O3/c1-4-26(29-34-35-36-38(29)17-20-7-11-24(32)12-8-20)37(16-19-5-9-23(31)10-6-19)18-22-13-21-14-27(40-2)28(41-3)15-25(21)33-30(22)39/h5-15,26H,4,16-18H2,1-3H3,(H,33,39)/t26-/m0/s1. The zero-order valence-electron chi connectivity index (χ0n) is 23.0. The Balaban J connectivity index is 1.53. The van der Waals surface area contributed by atoms with Crippen LogP contribution < -0.4 is 15.0 Å². The number of pyridine rings is 1. The molecule has 2 aromatic heterocycles. The number of methoxy groups -OCH3 is 2. The fraction of sp³-hybridized carbons (Fsp3) is 0.267. The van der Waals surface area contributed by atoms with Gasteiger partial charge in [-0.05, 0) is 64.4 Å². The van der Waals surface area contributed by atoms with Crippen LogP contribution in [0.15, 0.2) is 71.5 Å². The van der Waals surface area contributed by atoms with Gasteiger partial charge in [-0.2, -0.15) is 0 Å². The van der Waals surface area contributed by atoms with E-state index in [1.807, 2.05) is 19.1 Å². The Kier molecular flexibility index (Phi) is 8.34. The average Bonchev–Trinajstić information content (AvgIpc) is 3.43. The molecule has 0 saturated carbocycles. The summed E-state index contributed by atoms with van der Waals surface area (Å²) < 4.78 is 39.7. The van der Waals surface area contributed by atoms with Crippen LogP contribution in [0.3, 0.4) is 0 Å². The molecule has 1 atom stereocenters. The molecule has 5 rings (SSSR count). The predicted molar refractivity (Wildman–Crippen MR) is 150 cm³/mol. The second kappa shape index (κ2) is 12.3. The Labute approximate surface area is 235 Å². The molecule has 0 unspecified atom stereocenters. The van der Waals surface area contributed by atoms with Gasteiger partial charge in [0.25, 0.3) is 5.56 Å². The second-order valence-corrected chi connectivity index (χ2v) is 9.69. The molecule has 0 aliphatic carbocycles. The monoisotopic (exact) mass is 560 g/mol. The molecule has 1 N–H and O–H groups in total. The van der Waals surface area contributed by atoms with Crippen molar-refractivity contribution in [1.82, 2.24) is 30.1 Å². The maximum Gasteiger partial charge on any atom is 0.252 e. The second-order valence-electron chi connectivity index (χ2n) is 9.69. The number of benzene rings is 3. The molecule has 3 aromatic carbocycles. The summed E-state index contributed by atoms with van der Waals surface area (Å²) in [6.45, 7) is 3.03. The van der Waals surface area contributed by atoms with Crippen LogP contribution in [-0.4, -0.2) is 44.3 Å². The van der Waals surface area contributed by atoms with Gasteiger partial charge in [0.15, 0.2) is 17.3 Å². The van der Waals surface area contributed by atoms with E-state index < -0.39 is 0 Å². The van der Waals surface area contributed by atoms with E-state index in [1.54, 1.807) is 42.1 Å². The van der Waals surface area contributed by atoms with Crippen LogP contribution in [0.25, 0.3) is 10.9 Å². The normalized spacial score (nSPS) is 12.1. The number of tetrazole rings is 1. The molecule has 9 nitrogen and oxygen atoms in total. The fourth-order valence-corrected chi connectivity index (χ4v) is 4.94. The highest BCUT2D eigenvalue weighted by molar-refractivity contribution is 5.83. The number of aromatic amines is 1. The molecule has 41 heavy (non-hydrogen) atoms. The van der Waals surface area contributed by atoms with Crippen LogP contribution in [0, 0.1) is 11.6 Å². The van der Waals surface area contributed by atoms with E-state index in [0.29, 0.717) is 47.9 Å². The van der Waals surface area contributed by atoms with Gasteiger partial charge in [0, 0.05) is 30.1 Å². The van der Waals surface area contributed by atoms with Crippen LogP contribution in [0.4, 0.5) is 8.78 Å². The lowest BCUT2D eigenvalue weighted by Crippen LogP contribution is -2.32. The average molecular weight is 561 g/mol. The van der Waals surface area contributed by atoms with Gasteiger partial charge in [0.1, 0.15) is 11.6 Å². The molecule has 0 bridgehead atoms. The van der Waals surface area contributed by atoms with Gasteiger partial charge in [-0.25, -0.2) is 13.5 Å². The number of nitrogens with zero attached hydrogens (tertiary/aromatic N) is 5. The summed E-state index contributed by atoms with van der Waals surface area (Å²) >= 11 is 0. The van der Waals surface area contributed by atoms with Crippen molar-refractivity contribution >= 4 is 10.9 Å². The number of fused-ring (bicyclic) bond motifs is 1. The van der Waals surface area contributed by atoms with Crippen molar-refractivity contribution in [1.29, 1.82) is 0 Å². The Morgan fingerprint density at radius 2 is 1.54 bits per heavy atom. The van der Waals surface area contributed by atoms with Crippen molar-refractivity contribution in [2.45, 2.75) is 39.0 Å². The summed E-state index contributed by atoms with van der Waals surface area (Å²) in [5, 5.41) is 13.3. The van der Waals surface area contributed by atoms with Gasteiger partial charge in [0.05, 0.1) is 32.3 Å². The lowest BCUT2D eigenvalue weighted by Gasteiger charge is -2.30. The van der Waals surface area contributed by atoms with Crippen molar-refractivity contribution in [3.8, 4) is 11.5 Å². The van der Waals surface area contributed by atoms with Crippen molar-refractivity contribution in [2.24, 2.45) is 0 Å². The van der Waals surface area contributed by atoms with Crippen LogP contribution in [0.5, 0.6) is 11.5 Å². The summed E-state index contributed by atoms with van der Waals surface area (Å²) in [7, 11) is 3.10. The number of rotatable bonds is 11. The summed E-state index contributed by atoms with van der Waals surface area (Å²) in [5.74, 6) is 1.01. The summed E-state index contributed by atoms with van der Waals surface area (Å²) in [6.07, 6.45) is 0.626. The Morgan fingerprint density at radius 3 is 2.17 bits per heavy atom. The zero-order valence-corrected chi connectivity index (χ0v) is 23.0. The van der Waals surface area contributed by atoms with E-state index in [1.165, 1.54) is 31.4 Å². The van der Waals surface area contributed by atoms with Crippen molar-refractivity contribution in [3.63, 3.8) is 0 Å². The highest BCUT2D eigenvalue weighted by Crippen LogP contribution is 2.32. The topological polar surface area (TPSA) is 98.2 Å². The Hall–Kier alpha value is -4.64. The lowest BCUT2D eigenvalue weighted by molar-refractivity contribution is 0.161. The first-order valence-electron chi connectivity index (χ1n) is 13.2. The maximum absolute atomic E-state index is 13.7. The van der Waals surface area contributed by atoms with E-state index in [2.05, 4.69) is 25.4 Å². The van der Waals surface area contributed by atoms with Gasteiger partial charge in [-0.1, -0.05) is 31.2 Å². The molecule has 0 spiro atoms. The minimum atomic E-state index is -0.328.